The Bertz CT molecular complexity index is 448. The highest BCUT2D eigenvalue weighted by Gasteiger charge is 2.41. The molecule has 1 aromatic rings. The highest BCUT2D eigenvalue weighted by atomic mass is 19.1. The lowest BCUT2D eigenvalue weighted by Gasteiger charge is -2.37. The number of rotatable bonds is 3. The number of hydrogen-bond donors (Lipinski definition) is 0. The number of methoxy groups -OCH3 is 1. The molecule has 0 aromatic heterocycles. The van der Waals surface area contributed by atoms with E-state index in [1.165, 1.54) is 7.11 Å². The quantitative estimate of drug-likeness (QED) is 0.581. The van der Waals surface area contributed by atoms with Crippen molar-refractivity contribution < 1.29 is 13.9 Å². The molecule has 1 aromatic carbocycles. The summed E-state index contributed by atoms with van der Waals surface area (Å²) in [5.41, 5.74) is -0.276. The molecule has 0 N–H and O–H groups in total. The van der Waals surface area contributed by atoms with Crippen molar-refractivity contribution in [2.75, 3.05) is 7.11 Å². The van der Waals surface area contributed by atoms with Crippen LogP contribution in [0.4, 0.5) is 4.39 Å². The van der Waals surface area contributed by atoms with Gasteiger partial charge in [-0.05, 0) is 25.3 Å². The van der Waals surface area contributed by atoms with Gasteiger partial charge < -0.3 is 4.74 Å². The van der Waals surface area contributed by atoms with Gasteiger partial charge in [0.1, 0.15) is 5.54 Å². The van der Waals surface area contributed by atoms with Gasteiger partial charge in [0.05, 0.1) is 7.11 Å². The van der Waals surface area contributed by atoms with Gasteiger partial charge in [0, 0.05) is 5.56 Å². The molecule has 16 heavy (non-hydrogen) atoms. The van der Waals surface area contributed by atoms with Crippen LogP contribution in [0.2, 0.25) is 0 Å². The standard InChI is InChI=1S/C12H12FNO2/c1-16-10-5-2-4-9(11(10)13)12(14-8-15)6-3-7-12/h2,4-5H,3,6-7H2,1H3. The van der Waals surface area contributed by atoms with Crippen molar-refractivity contribution in [2.24, 2.45) is 4.99 Å². The Morgan fingerprint density at radius 2 is 2.25 bits per heavy atom. The summed E-state index contributed by atoms with van der Waals surface area (Å²) in [5, 5.41) is 0. The van der Waals surface area contributed by atoms with E-state index in [4.69, 9.17) is 4.74 Å². The van der Waals surface area contributed by atoms with E-state index in [1.807, 2.05) is 0 Å². The van der Waals surface area contributed by atoms with Crippen molar-refractivity contribution in [2.45, 2.75) is 24.8 Å². The Morgan fingerprint density at radius 3 is 2.75 bits per heavy atom. The molecule has 0 spiro atoms. The highest BCUT2D eigenvalue weighted by molar-refractivity contribution is 5.42. The first-order chi connectivity index (χ1) is 7.73. The number of hydrogen-bond acceptors (Lipinski definition) is 3. The Hall–Kier alpha value is -1.67. The molecule has 2 rings (SSSR count). The van der Waals surface area contributed by atoms with E-state index in [0.29, 0.717) is 18.4 Å². The average molecular weight is 221 g/mol. The minimum atomic E-state index is -0.708. The molecule has 3 nitrogen and oxygen atoms in total. The predicted molar refractivity (Wildman–Crippen MR) is 56.6 cm³/mol. The monoisotopic (exact) mass is 221 g/mol. The molecule has 1 aliphatic rings. The fraction of sp³-hybridized carbons (Fsp3) is 0.417. The molecule has 0 amide bonds. The Kier molecular flexibility index (Phi) is 2.75. The minimum absolute atomic E-state index is 0.185. The maximum atomic E-state index is 14.0. The van der Waals surface area contributed by atoms with Crippen LogP contribution in [0, 0.1) is 5.82 Å². The molecule has 0 atom stereocenters. The average Bonchev–Trinajstić information content (AvgIpc) is 2.24. The number of nitrogens with zero attached hydrogens (tertiary/aromatic N) is 1. The summed E-state index contributed by atoms with van der Waals surface area (Å²) in [7, 11) is 1.42. The van der Waals surface area contributed by atoms with Gasteiger partial charge in [-0.1, -0.05) is 12.1 Å². The minimum Gasteiger partial charge on any atom is -0.494 e. The van der Waals surface area contributed by atoms with Crippen molar-refractivity contribution in [1.29, 1.82) is 0 Å². The SMILES string of the molecule is COc1cccc(C2(N=C=O)CCC2)c1F. The molecule has 0 bridgehead atoms. The van der Waals surface area contributed by atoms with Gasteiger partial charge in [-0.2, -0.15) is 4.99 Å². The van der Waals surface area contributed by atoms with Crippen LogP contribution in [-0.2, 0) is 10.3 Å². The Labute approximate surface area is 93.0 Å². The molecule has 0 unspecified atom stereocenters. The fourth-order valence-corrected chi connectivity index (χ4v) is 2.07. The van der Waals surface area contributed by atoms with Crippen LogP contribution in [0.15, 0.2) is 23.2 Å². The first kappa shape index (κ1) is 10.8. The number of halogens is 1. The van der Waals surface area contributed by atoms with Crippen LogP contribution in [0.25, 0.3) is 0 Å². The second-order valence-corrected chi connectivity index (χ2v) is 3.91. The molecule has 1 aliphatic carbocycles. The second-order valence-electron chi connectivity index (χ2n) is 3.91. The predicted octanol–water partition coefficient (Wildman–Crippen LogP) is 2.55. The zero-order chi connectivity index (χ0) is 11.6. The van der Waals surface area contributed by atoms with Crippen LogP contribution >= 0.6 is 0 Å². The van der Waals surface area contributed by atoms with Gasteiger partial charge in [0.15, 0.2) is 11.6 Å². The van der Waals surface area contributed by atoms with E-state index in [9.17, 15) is 9.18 Å². The summed E-state index contributed by atoms with van der Waals surface area (Å²) in [5.74, 6) is -0.242. The van der Waals surface area contributed by atoms with Crippen LogP contribution in [0.1, 0.15) is 24.8 Å². The van der Waals surface area contributed by atoms with Crippen LogP contribution in [-0.4, -0.2) is 13.2 Å². The number of isocyanates is 1. The van der Waals surface area contributed by atoms with Crippen molar-refractivity contribution in [3.8, 4) is 5.75 Å². The van der Waals surface area contributed by atoms with Crippen molar-refractivity contribution >= 4 is 6.08 Å². The Morgan fingerprint density at radius 1 is 1.50 bits per heavy atom. The molecule has 0 radical (unpaired) electrons. The summed E-state index contributed by atoms with van der Waals surface area (Å²) in [6, 6.07) is 4.91. The lowest BCUT2D eigenvalue weighted by Crippen LogP contribution is -2.33. The van der Waals surface area contributed by atoms with Crippen LogP contribution in [0.5, 0.6) is 5.75 Å². The van der Waals surface area contributed by atoms with Gasteiger partial charge in [0.2, 0.25) is 6.08 Å². The van der Waals surface area contributed by atoms with Gasteiger partial charge in [-0.15, -0.1) is 0 Å². The first-order valence-corrected chi connectivity index (χ1v) is 5.15. The molecule has 0 aliphatic heterocycles. The molecule has 84 valence electrons. The highest BCUT2D eigenvalue weighted by Crippen LogP contribution is 2.46. The molecule has 0 heterocycles. The topological polar surface area (TPSA) is 38.7 Å². The van der Waals surface area contributed by atoms with Crippen LogP contribution < -0.4 is 4.74 Å². The van der Waals surface area contributed by atoms with E-state index in [2.05, 4.69) is 4.99 Å². The molecular weight excluding hydrogens is 209 g/mol. The third kappa shape index (κ3) is 1.51. The number of benzene rings is 1. The zero-order valence-corrected chi connectivity index (χ0v) is 9.00. The summed E-state index contributed by atoms with van der Waals surface area (Å²) >= 11 is 0. The summed E-state index contributed by atoms with van der Waals surface area (Å²) in [6.07, 6.45) is 3.86. The molecule has 4 heteroatoms. The Balaban J connectivity index is 2.50. The smallest absolute Gasteiger partial charge is 0.235 e. The third-order valence-corrected chi connectivity index (χ3v) is 3.12. The van der Waals surface area contributed by atoms with Crippen LogP contribution in [0.3, 0.4) is 0 Å². The van der Waals surface area contributed by atoms with Gasteiger partial charge in [0.25, 0.3) is 0 Å². The lowest BCUT2D eigenvalue weighted by molar-refractivity contribution is 0.244. The number of aliphatic imine (C=N–C) groups is 1. The normalized spacial score (nSPS) is 17.1. The number of carbonyl (C=O) groups excluding carboxylic acids is 1. The van der Waals surface area contributed by atoms with Crippen molar-refractivity contribution in [1.82, 2.24) is 0 Å². The molecule has 0 saturated heterocycles. The van der Waals surface area contributed by atoms with E-state index in [0.717, 1.165) is 6.42 Å². The molecule has 1 saturated carbocycles. The van der Waals surface area contributed by atoms with E-state index in [1.54, 1.807) is 24.3 Å². The summed E-state index contributed by atoms with van der Waals surface area (Å²) in [6.45, 7) is 0. The molecule has 1 fully saturated rings. The van der Waals surface area contributed by atoms with E-state index in [-0.39, 0.29) is 5.75 Å². The third-order valence-electron chi connectivity index (χ3n) is 3.12. The fourth-order valence-electron chi connectivity index (χ4n) is 2.07. The van der Waals surface area contributed by atoms with Crippen molar-refractivity contribution in [3.63, 3.8) is 0 Å². The van der Waals surface area contributed by atoms with Gasteiger partial charge >= 0.3 is 0 Å². The second kappa shape index (κ2) is 4.06. The first-order valence-electron chi connectivity index (χ1n) is 5.15. The largest absolute Gasteiger partial charge is 0.494 e. The maximum Gasteiger partial charge on any atom is 0.235 e. The molecular formula is C12H12FNO2. The lowest BCUT2D eigenvalue weighted by atomic mass is 9.72. The van der Waals surface area contributed by atoms with E-state index >= 15 is 0 Å². The summed E-state index contributed by atoms with van der Waals surface area (Å²) in [4.78, 5) is 14.2. The van der Waals surface area contributed by atoms with E-state index < -0.39 is 11.4 Å². The maximum absolute atomic E-state index is 14.0. The zero-order valence-electron chi connectivity index (χ0n) is 9.00. The van der Waals surface area contributed by atoms with Gasteiger partial charge in [-0.25, -0.2) is 9.18 Å². The number of ether oxygens (including phenoxy) is 1. The van der Waals surface area contributed by atoms with Gasteiger partial charge in [-0.3, -0.25) is 0 Å². The van der Waals surface area contributed by atoms with Crippen molar-refractivity contribution in [3.05, 3.63) is 29.6 Å². The summed E-state index contributed by atoms with van der Waals surface area (Å²) < 4.78 is 18.9.